The number of morpholine rings is 1. The minimum atomic E-state index is -0.374. The highest BCUT2D eigenvalue weighted by Crippen LogP contribution is 2.31. The van der Waals surface area contributed by atoms with E-state index in [1.165, 1.54) is 12.0 Å². The monoisotopic (exact) mass is 378 g/mol. The van der Waals surface area contributed by atoms with Crippen LogP contribution in [0.4, 0.5) is 0 Å². The van der Waals surface area contributed by atoms with Crippen LogP contribution in [-0.4, -0.2) is 52.3 Å². The van der Waals surface area contributed by atoms with Crippen LogP contribution in [0.5, 0.6) is 5.75 Å². The highest BCUT2D eigenvalue weighted by Gasteiger charge is 2.32. The molecule has 1 atom stereocenters. The van der Waals surface area contributed by atoms with Crippen molar-refractivity contribution in [2.75, 3.05) is 26.4 Å². The number of hydrogen-bond donors (Lipinski definition) is 0. The van der Waals surface area contributed by atoms with Crippen LogP contribution < -0.4 is 4.74 Å². The molecular weight excluding hydrogens is 360 g/mol. The fourth-order valence-electron chi connectivity index (χ4n) is 3.63. The Balaban J connectivity index is 1.44. The lowest BCUT2D eigenvalue weighted by atomic mass is 10.0. The Hall–Kier alpha value is -3.26. The van der Waals surface area contributed by atoms with Gasteiger partial charge in [0.05, 0.1) is 25.4 Å². The van der Waals surface area contributed by atoms with Gasteiger partial charge in [0, 0.05) is 30.9 Å². The van der Waals surface area contributed by atoms with Crippen LogP contribution in [0.1, 0.15) is 27.8 Å². The topological polar surface area (TPSA) is 90.6 Å². The molecule has 2 aromatic heterocycles. The van der Waals surface area contributed by atoms with Crippen molar-refractivity contribution in [3.8, 4) is 16.9 Å². The average molecular weight is 378 g/mol. The Morgan fingerprint density at radius 1 is 1.14 bits per heavy atom. The molecule has 1 fully saturated rings. The summed E-state index contributed by atoms with van der Waals surface area (Å²) in [5.74, 6) is 1.24. The zero-order valence-corrected chi connectivity index (χ0v) is 15.1. The molecule has 2 aliphatic rings. The lowest BCUT2D eigenvalue weighted by Gasteiger charge is -2.33. The molecule has 5 rings (SSSR count). The average Bonchev–Trinajstić information content (AvgIpc) is 3.45. The van der Waals surface area contributed by atoms with Gasteiger partial charge in [0.2, 0.25) is 6.39 Å². The Labute approximate surface area is 161 Å². The van der Waals surface area contributed by atoms with Crippen LogP contribution in [-0.2, 0) is 11.2 Å². The van der Waals surface area contributed by atoms with E-state index < -0.39 is 0 Å². The van der Waals surface area contributed by atoms with Crippen molar-refractivity contribution < 1.29 is 18.8 Å². The van der Waals surface area contributed by atoms with Gasteiger partial charge in [-0.3, -0.25) is 9.78 Å². The van der Waals surface area contributed by atoms with E-state index in [9.17, 15) is 4.79 Å². The summed E-state index contributed by atoms with van der Waals surface area (Å²) in [6.45, 7) is 1.98. The number of amides is 1. The minimum Gasteiger partial charge on any atom is -0.493 e. The number of hydrogen-bond acceptors (Lipinski definition) is 7. The molecule has 1 aromatic carbocycles. The number of nitrogens with zero attached hydrogens (tertiary/aromatic N) is 4. The number of carbonyl (C=O) groups is 1. The molecule has 8 heteroatoms. The minimum absolute atomic E-state index is 0.128. The first-order chi connectivity index (χ1) is 13.8. The van der Waals surface area contributed by atoms with Gasteiger partial charge < -0.3 is 18.9 Å². The zero-order chi connectivity index (χ0) is 18.9. The lowest BCUT2D eigenvalue weighted by Crippen LogP contribution is -2.43. The smallest absolute Gasteiger partial charge is 0.256 e. The maximum absolute atomic E-state index is 13.2. The fraction of sp³-hybridized carbons (Fsp3) is 0.300. The van der Waals surface area contributed by atoms with Crippen LogP contribution in [0.25, 0.3) is 11.1 Å². The summed E-state index contributed by atoms with van der Waals surface area (Å²) in [6.07, 6.45) is 5.51. The number of benzene rings is 1. The van der Waals surface area contributed by atoms with Crippen molar-refractivity contribution in [1.29, 1.82) is 0 Å². The van der Waals surface area contributed by atoms with Gasteiger partial charge in [0.15, 0.2) is 5.82 Å². The second-order valence-corrected chi connectivity index (χ2v) is 6.76. The van der Waals surface area contributed by atoms with Gasteiger partial charge in [-0.25, -0.2) is 0 Å². The molecule has 1 unspecified atom stereocenters. The SMILES string of the molecule is O=C(c1cncc(-c2ccc3c(c2)CCO3)c1)N1CCOCC1c1ncon1. The molecule has 2 aliphatic heterocycles. The molecule has 4 heterocycles. The van der Waals surface area contributed by atoms with Crippen LogP contribution in [0.15, 0.2) is 47.6 Å². The third kappa shape index (κ3) is 3.01. The van der Waals surface area contributed by atoms with Crippen molar-refractivity contribution in [2.24, 2.45) is 0 Å². The summed E-state index contributed by atoms with van der Waals surface area (Å²) in [6, 6.07) is 7.56. The molecule has 8 nitrogen and oxygen atoms in total. The molecule has 142 valence electrons. The summed E-state index contributed by atoms with van der Waals surface area (Å²) in [7, 11) is 0. The van der Waals surface area contributed by atoms with Crippen molar-refractivity contribution in [3.63, 3.8) is 0 Å². The third-order valence-electron chi connectivity index (χ3n) is 5.07. The van der Waals surface area contributed by atoms with Crippen LogP contribution in [0.3, 0.4) is 0 Å². The Kier molecular flexibility index (Phi) is 4.25. The molecule has 3 aromatic rings. The zero-order valence-electron chi connectivity index (χ0n) is 15.1. The molecular formula is C20H18N4O4. The summed E-state index contributed by atoms with van der Waals surface area (Å²) in [5, 5.41) is 3.88. The number of rotatable bonds is 3. The molecule has 0 N–H and O–H groups in total. The predicted octanol–water partition coefficient (Wildman–Crippen LogP) is 2.28. The molecule has 0 spiro atoms. The Bertz CT molecular complexity index is 1010. The van der Waals surface area contributed by atoms with Crippen LogP contribution in [0, 0.1) is 0 Å². The van der Waals surface area contributed by atoms with Gasteiger partial charge in [-0.05, 0) is 29.3 Å². The van der Waals surface area contributed by atoms with E-state index in [2.05, 4.69) is 21.2 Å². The Morgan fingerprint density at radius 3 is 3.00 bits per heavy atom. The Morgan fingerprint density at radius 2 is 2.11 bits per heavy atom. The highest BCUT2D eigenvalue weighted by molar-refractivity contribution is 5.95. The molecule has 1 saturated heterocycles. The van der Waals surface area contributed by atoms with Crippen molar-refractivity contribution in [3.05, 3.63) is 60.0 Å². The lowest BCUT2D eigenvalue weighted by molar-refractivity contribution is -0.00578. The summed E-state index contributed by atoms with van der Waals surface area (Å²) in [4.78, 5) is 23.3. The second kappa shape index (κ2) is 7.05. The third-order valence-corrected chi connectivity index (χ3v) is 5.07. The molecule has 0 radical (unpaired) electrons. The number of pyridine rings is 1. The molecule has 0 saturated carbocycles. The predicted molar refractivity (Wildman–Crippen MR) is 97.8 cm³/mol. The quantitative estimate of drug-likeness (QED) is 0.690. The van der Waals surface area contributed by atoms with E-state index in [1.807, 2.05) is 18.2 Å². The maximum atomic E-state index is 13.2. The standard InChI is InChI=1S/C20H18N4O4/c25-20(24-4-6-26-11-17(24)19-22-12-28-23-19)16-8-15(9-21-10-16)13-1-2-18-14(7-13)3-5-27-18/h1-2,7-10,12,17H,3-6,11H2. The molecule has 1 amide bonds. The van der Waals surface area contributed by atoms with E-state index in [4.69, 9.17) is 14.0 Å². The van der Waals surface area contributed by atoms with Gasteiger partial charge in [0.25, 0.3) is 5.91 Å². The largest absolute Gasteiger partial charge is 0.493 e. The van der Waals surface area contributed by atoms with Crippen LogP contribution >= 0.6 is 0 Å². The number of ether oxygens (including phenoxy) is 2. The summed E-state index contributed by atoms with van der Waals surface area (Å²) in [5.41, 5.74) is 3.61. The van der Waals surface area contributed by atoms with E-state index in [0.29, 0.717) is 37.8 Å². The molecule has 0 aliphatic carbocycles. The first kappa shape index (κ1) is 16.9. The van der Waals surface area contributed by atoms with E-state index in [1.54, 1.807) is 17.3 Å². The summed E-state index contributed by atoms with van der Waals surface area (Å²) < 4.78 is 15.9. The van der Waals surface area contributed by atoms with Crippen LogP contribution in [0.2, 0.25) is 0 Å². The number of aromatic nitrogens is 3. The van der Waals surface area contributed by atoms with E-state index >= 15 is 0 Å². The summed E-state index contributed by atoms with van der Waals surface area (Å²) >= 11 is 0. The molecule has 28 heavy (non-hydrogen) atoms. The van der Waals surface area contributed by atoms with Gasteiger partial charge in [-0.1, -0.05) is 11.2 Å². The van der Waals surface area contributed by atoms with Gasteiger partial charge >= 0.3 is 0 Å². The van der Waals surface area contributed by atoms with Gasteiger partial charge in [0.1, 0.15) is 11.8 Å². The maximum Gasteiger partial charge on any atom is 0.256 e. The van der Waals surface area contributed by atoms with Crippen molar-refractivity contribution in [1.82, 2.24) is 20.0 Å². The van der Waals surface area contributed by atoms with Gasteiger partial charge in [-0.2, -0.15) is 4.98 Å². The number of fused-ring (bicyclic) bond motifs is 1. The first-order valence-electron chi connectivity index (χ1n) is 9.16. The van der Waals surface area contributed by atoms with Crippen molar-refractivity contribution in [2.45, 2.75) is 12.5 Å². The first-order valence-corrected chi connectivity index (χ1v) is 9.16. The second-order valence-electron chi connectivity index (χ2n) is 6.76. The van der Waals surface area contributed by atoms with E-state index in [-0.39, 0.29) is 11.9 Å². The fourth-order valence-corrected chi connectivity index (χ4v) is 3.63. The molecule has 0 bridgehead atoms. The van der Waals surface area contributed by atoms with Crippen molar-refractivity contribution >= 4 is 5.91 Å². The number of carbonyl (C=O) groups excluding carboxylic acids is 1. The highest BCUT2D eigenvalue weighted by atomic mass is 16.5. The normalized spacial score (nSPS) is 18.6. The van der Waals surface area contributed by atoms with Gasteiger partial charge in [-0.15, -0.1) is 0 Å². The van der Waals surface area contributed by atoms with E-state index in [0.717, 1.165) is 23.3 Å².